The van der Waals surface area contributed by atoms with E-state index in [-0.39, 0.29) is 28.9 Å². The van der Waals surface area contributed by atoms with Crippen LogP contribution in [0.5, 0.6) is 0 Å². The highest BCUT2D eigenvalue weighted by atomic mass is 35.5. The summed E-state index contributed by atoms with van der Waals surface area (Å²) in [5, 5.41) is 3.21. The first-order valence-electron chi connectivity index (χ1n) is 6.79. The van der Waals surface area contributed by atoms with E-state index in [4.69, 9.17) is 0 Å². The predicted molar refractivity (Wildman–Crippen MR) is 86.0 cm³/mol. The minimum absolute atomic E-state index is 0. The average molecular weight is 349 g/mol. The predicted octanol–water partition coefficient (Wildman–Crippen LogP) is 1.19. The lowest BCUT2D eigenvalue weighted by Crippen LogP contribution is -2.51. The van der Waals surface area contributed by atoms with Crippen LogP contribution in [0.3, 0.4) is 0 Å². The Morgan fingerprint density at radius 1 is 1.41 bits per heavy atom. The van der Waals surface area contributed by atoms with Crippen LogP contribution in [0.4, 0.5) is 0 Å². The summed E-state index contributed by atoms with van der Waals surface area (Å²) in [7, 11) is -2.33. The Kier molecular flexibility index (Phi) is 6.37. The highest BCUT2D eigenvalue weighted by Crippen LogP contribution is 2.24. The number of sulfonamides is 1. The normalized spacial score (nSPS) is 19.3. The smallest absolute Gasteiger partial charge is 0.338 e. The lowest BCUT2D eigenvalue weighted by Gasteiger charge is -2.31. The van der Waals surface area contributed by atoms with Crippen molar-refractivity contribution in [2.75, 3.05) is 26.7 Å². The summed E-state index contributed by atoms with van der Waals surface area (Å²) in [5.74, 6) is -0.529. The van der Waals surface area contributed by atoms with Crippen molar-refractivity contribution in [1.29, 1.82) is 0 Å². The van der Waals surface area contributed by atoms with Gasteiger partial charge in [-0.2, -0.15) is 4.31 Å². The molecule has 1 fully saturated rings. The van der Waals surface area contributed by atoms with Gasteiger partial charge in [0.1, 0.15) is 0 Å². The highest BCUT2D eigenvalue weighted by molar-refractivity contribution is 7.89. The van der Waals surface area contributed by atoms with E-state index in [1.165, 1.54) is 17.5 Å². The number of benzene rings is 1. The van der Waals surface area contributed by atoms with Crippen LogP contribution in [0, 0.1) is 6.92 Å². The zero-order valence-corrected chi connectivity index (χ0v) is 14.5. The summed E-state index contributed by atoms with van der Waals surface area (Å²) >= 11 is 0. The molecule has 1 unspecified atom stereocenters. The van der Waals surface area contributed by atoms with Gasteiger partial charge in [0.05, 0.1) is 17.6 Å². The number of hydrogen-bond acceptors (Lipinski definition) is 5. The maximum atomic E-state index is 12.8. The molecule has 1 saturated heterocycles. The third-order valence-electron chi connectivity index (χ3n) is 3.64. The van der Waals surface area contributed by atoms with Crippen LogP contribution in [-0.4, -0.2) is 51.5 Å². The van der Waals surface area contributed by atoms with E-state index in [1.54, 1.807) is 19.1 Å². The Hall–Kier alpha value is -1.15. The molecule has 1 heterocycles. The third-order valence-corrected chi connectivity index (χ3v) is 5.65. The van der Waals surface area contributed by atoms with Gasteiger partial charge < -0.3 is 10.1 Å². The SMILES string of the molecule is COC(=O)c1cccc(S(=O)(=O)N2CCNC(C)C2)c1C.Cl. The van der Waals surface area contributed by atoms with Crippen LogP contribution in [0.2, 0.25) is 0 Å². The van der Waals surface area contributed by atoms with Crippen molar-refractivity contribution in [3.63, 3.8) is 0 Å². The molecule has 124 valence electrons. The molecule has 0 aromatic heterocycles. The summed E-state index contributed by atoms with van der Waals surface area (Å²) in [6.45, 7) is 5.04. The maximum absolute atomic E-state index is 12.8. The third kappa shape index (κ3) is 3.60. The van der Waals surface area contributed by atoms with E-state index in [0.717, 1.165) is 0 Å². The zero-order valence-electron chi connectivity index (χ0n) is 12.8. The molecule has 1 aliphatic rings. The number of rotatable bonds is 3. The van der Waals surface area contributed by atoms with E-state index in [9.17, 15) is 13.2 Å². The molecular formula is C14H21ClN2O4S. The van der Waals surface area contributed by atoms with E-state index >= 15 is 0 Å². The molecule has 8 heteroatoms. The number of halogens is 1. The molecule has 0 saturated carbocycles. The molecule has 0 aliphatic carbocycles. The number of hydrogen-bond donors (Lipinski definition) is 1. The molecule has 1 N–H and O–H groups in total. The summed E-state index contributed by atoms with van der Waals surface area (Å²) < 4.78 is 31.7. The Morgan fingerprint density at radius 3 is 2.68 bits per heavy atom. The van der Waals surface area contributed by atoms with Crippen LogP contribution >= 0.6 is 12.4 Å². The summed E-state index contributed by atoms with van der Waals surface area (Å²) in [6.07, 6.45) is 0. The van der Waals surface area contributed by atoms with Gasteiger partial charge in [-0.1, -0.05) is 6.07 Å². The topological polar surface area (TPSA) is 75.7 Å². The second kappa shape index (κ2) is 7.41. The lowest BCUT2D eigenvalue weighted by molar-refractivity contribution is 0.0599. The minimum Gasteiger partial charge on any atom is -0.465 e. The number of piperazine rings is 1. The molecular weight excluding hydrogens is 328 g/mol. The first kappa shape index (κ1) is 18.9. The number of ether oxygens (including phenoxy) is 1. The quantitative estimate of drug-likeness (QED) is 0.830. The van der Waals surface area contributed by atoms with Gasteiger partial charge in [0.2, 0.25) is 10.0 Å². The average Bonchev–Trinajstić information content (AvgIpc) is 2.46. The van der Waals surface area contributed by atoms with E-state index in [0.29, 0.717) is 25.2 Å². The van der Waals surface area contributed by atoms with E-state index < -0.39 is 16.0 Å². The summed E-state index contributed by atoms with van der Waals surface area (Å²) in [6, 6.07) is 4.78. The van der Waals surface area contributed by atoms with Crippen molar-refractivity contribution in [2.45, 2.75) is 24.8 Å². The molecule has 6 nitrogen and oxygen atoms in total. The Balaban J connectivity index is 0.00000242. The second-order valence-electron chi connectivity index (χ2n) is 5.14. The molecule has 1 aromatic rings. The van der Waals surface area contributed by atoms with Gasteiger partial charge in [0.15, 0.2) is 0 Å². The van der Waals surface area contributed by atoms with Crippen LogP contribution in [0.1, 0.15) is 22.8 Å². The summed E-state index contributed by atoms with van der Waals surface area (Å²) in [4.78, 5) is 11.9. The van der Waals surface area contributed by atoms with Gasteiger partial charge in [0, 0.05) is 25.7 Å². The molecule has 0 spiro atoms. The van der Waals surface area contributed by atoms with Gasteiger partial charge >= 0.3 is 5.97 Å². The number of carbonyl (C=O) groups is 1. The molecule has 0 bridgehead atoms. The minimum atomic E-state index is -3.60. The van der Waals surface area contributed by atoms with Crippen LogP contribution in [0.25, 0.3) is 0 Å². The van der Waals surface area contributed by atoms with Gasteiger partial charge in [-0.15, -0.1) is 12.4 Å². The Bertz CT molecular complexity index is 648. The Labute approximate surface area is 137 Å². The van der Waals surface area contributed by atoms with Crippen molar-refractivity contribution in [1.82, 2.24) is 9.62 Å². The standard InChI is InChI=1S/C14H20N2O4S.ClH/c1-10-9-16(8-7-15-10)21(18,19)13-6-4-5-12(11(13)2)14(17)20-3;/h4-6,10,15H,7-9H2,1-3H3;1H. The highest BCUT2D eigenvalue weighted by Gasteiger charge is 2.30. The molecule has 1 aliphatic heterocycles. The molecule has 2 rings (SSSR count). The van der Waals surface area contributed by atoms with Gasteiger partial charge in [-0.3, -0.25) is 0 Å². The molecule has 0 amide bonds. The van der Waals surface area contributed by atoms with Crippen molar-refractivity contribution in [3.05, 3.63) is 29.3 Å². The first-order chi connectivity index (χ1) is 9.87. The van der Waals surface area contributed by atoms with Crippen molar-refractivity contribution >= 4 is 28.4 Å². The summed E-state index contributed by atoms with van der Waals surface area (Å²) in [5.41, 5.74) is 0.706. The second-order valence-corrected chi connectivity index (χ2v) is 7.04. The van der Waals surface area contributed by atoms with Crippen molar-refractivity contribution < 1.29 is 17.9 Å². The van der Waals surface area contributed by atoms with E-state index in [2.05, 4.69) is 10.1 Å². The fraction of sp³-hybridized carbons (Fsp3) is 0.500. The van der Waals surface area contributed by atoms with E-state index in [1.807, 2.05) is 6.92 Å². The number of methoxy groups -OCH3 is 1. The maximum Gasteiger partial charge on any atom is 0.338 e. The lowest BCUT2D eigenvalue weighted by atomic mass is 10.1. The molecule has 22 heavy (non-hydrogen) atoms. The van der Waals surface area contributed by atoms with Crippen LogP contribution in [-0.2, 0) is 14.8 Å². The first-order valence-corrected chi connectivity index (χ1v) is 8.23. The van der Waals surface area contributed by atoms with Crippen molar-refractivity contribution in [3.8, 4) is 0 Å². The largest absolute Gasteiger partial charge is 0.465 e. The number of carbonyl (C=O) groups excluding carboxylic acids is 1. The molecule has 1 atom stereocenters. The van der Waals surface area contributed by atoms with Crippen LogP contribution < -0.4 is 5.32 Å². The number of nitrogens with one attached hydrogen (secondary N) is 1. The fourth-order valence-corrected chi connectivity index (χ4v) is 4.26. The van der Waals surface area contributed by atoms with Gasteiger partial charge in [-0.25, -0.2) is 13.2 Å². The fourth-order valence-electron chi connectivity index (χ4n) is 2.48. The van der Waals surface area contributed by atoms with Gasteiger partial charge in [-0.05, 0) is 31.5 Å². The molecule has 0 radical (unpaired) electrons. The Morgan fingerprint density at radius 2 is 2.09 bits per heavy atom. The molecule has 1 aromatic carbocycles. The number of esters is 1. The van der Waals surface area contributed by atoms with Crippen LogP contribution in [0.15, 0.2) is 23.1 Å². The van der Waals surface area contributed by atoms with Crippen molar-refractivity contribution in [2.24, 2.45) is 0 Å². The number of nitrogens with zero attached hydrogens (tertiary/aromatic N) is 1. The monoisotopic (exact) mass is 348 g/mol. The van der Waals surface area contributed by atoms with Gasteiger partial charge in [0.25, 0.3) is 0 Å². The zero-order chi connectivity index (χ0) is 15.6.